The lowest BCUT2D eigenvalue weighted by Crippen LogP contribution is -2.11. The minimum atomic E-state index is -4.00. The number of ether oxygens (including phenoxy) is 1. The van der Waals surface area contributed by atoms with E-state index in [9.17, 15) is 8.42 Å². The van der Waals surface area contributed by atoms with Crippen LogP contribution in [0.4, 0.5) is 5.69 Å². The van der Waals surface area contributed by atoms with E-state index in [-0.39, 0.29) is 10.6 Å². The summed E-state index contributed by atoms with van der Waals surface area (Å²) >= 11 is 3.41. The molecule has 0 heterocycles. The molecule has 0 spiro atoms. The van der Waals surface area contributed by atoms with Crippen molar-refractivity contribution < 1.29 is 17.3 Å². The molecule has 0 aliphatic heterocycles. The maximum absolute atomic E-state index is 12.6. The first-order chi connectivity index (χ1) is 14.3. The van der Waals surface area contributed by atoms with Crippen LogP contribution in [0.5, 0.6) is 11.5 Å². The van der Waals surface area contributed by atoms with Gasteiger partial charge in [0.25, 0.3) is 0 Å². The summed E-state index contributed by atoms with van der Waals surface area (Å²) < 4.78 is 36.8. The number of aliphatic imine (C=N–C) groups is 1. The van der Waals surface area contributed by atoms with Gasteiger partial charge in [-0.2, -0.15) is 8.42 Å². The average molecular weight is 488 g/mol. The second-order valence-corrected chi connectivity index (χ2v) is 9.04. The highest BCUT2D eigenvalue weighted by atomic mass is 79.9. The van der Waals surface area contributed by atoms with Gasteiger partial charge in [-0.05, 0) is 89.8 Å². The van der Waals surface area contributed by atoms with Gasteiger partial charge in [0.15, 0.2) is 11.5 Å². The van der Waals surface area contributed by atoms with Crippen LogP contribution in [-0.4, -0.2) is 21.2 Å². The summed E-state index contributed by atoms with van der Waals surface area (Å²) in [4.78, 5) is 4.58. The Labute approximate surface area is 185 Å². The van der Waals surface area contributed by atoms with Crippen molar-refractivity contribution in [1.82, 2.24) is 0 Å². The highest BCUT2D eigenvalue weighted by Gasteiger charge is 2.21. The molecule has 0 N–H and O–H groups in total. The molecule has 0 aromatic heterocycles. The van der Waals surface area contributed by atoms with Gasteiger partial charge < -0.3 is 8.92 Å². The number of hydrogen-bond acceptors (Lipinski definition) is 5. The zero-order valence-corrected chi connectivity index (χ0v) is 19.3. The average Bonchev–Trinajstić information content (AvgIpc) is 2.72. The molecule has 30 heavy (non-hydrogen) atoms. The van der Waals surface area contributed by atoms with Crippen LogP contribution >= 0.6 is 15.9 Å². The van der Waals surface area contributed by atoms with Crippen molar-refractivity contribution in [3.05, 3.63) is 81.8 Å². The second kappa shape index (κ2) is 9.45. The third-order valence-electron chi connectivity index (χ3n) is 4.41. The quantitative estimate of drug-likeness (QED) is 0.303. The molecule has 3 rings (SSSR count). The van der Waals surface area contributed by atoms with Gasteiger partial charge in [-0.3, -0.25) is 4.99 Å². The summed E-state index contributed by atoms with van der Waals surface area (Å²) in [6.45, 7) is 6.26. The molecule has 0 fully saturated rings. The van der Waals surface area contributed by atoms with E-state index in [2.05, 4.69) is 27.8 Å². The van der Waals surface area contributed by atoms with Crippen molar-refractivity contribution in [2.75, 3.05) is 6.61 Å². The van der Waals surface area contributed by atoms with Crippen molar-refractivity contribution in [1.29, 1.82) is 0 Å². The second-order valence-electron chi connectivity index (χ2n) is 6.64. The zero-order chi connectivity index (χ0) is 21.7. The first-order valence-electron chi connectivity index (χ1n) is 9.37. The molecule has 156 valence electrons. The molecule has 0 saturated heterocycles. The lowest BCUT2D eigenvalue weighted by Gasteiger charge is -2.14. The van der Waals surface area contributed by atoms with Gasteiger partial charge in [0.1, 0.15) is 4.90 Å². The Morgan fingerprint density at radius 3 is 2.40 bits per heavy atom. The van der Waals surface area contributed by atoms with Crippen molar-refractivity contribution in [3.8, 4) is 11.5 Å². The van der Waals surface area contributed by atoms with E-state index in [1.165, 1.54) is 17.7 Å². The molecule has 0 unspecified atom stereocenters. The Hall–Kier alpha value is -2.64. The minimum absolute atomic E-state index is 0.0692. The smallest absolute Gasteiger partial charge is 0.339 e. The van der Waals surface area contributed by atoms with E-state index < -0.39 is 10.1 Å². The number of benzene rings is 3. The molecule has 0 aliphatic carbocycles. The number of hydrogen-bond donors (Lipinski definition) is 0. The monoisotopic (exact) mass is 487 g/mol. The van der Waals surface area contributed by atoms with Gasteiger partial charge in [-0.1, -0.05) is 24.3 Å². The Bertz CT molecular complexity index is 1180. The summed E-state index contributed by atoms with van der Waals surface area (Å²) in [5.41, 5.74) is 3.94. The fraction of sp³-hybridized carbons (Fsp3) is 0.174. The highest BCUT2D eigenvalue weighted by Crippen LogP contribution is 2.38. The Morgan fingerprint density at radius 2 is 1.73 bits per heavy atom. The number of rotatable bonds is 7. The molecular weight excluding hydrogens is 466 g/mol. The van der Waals surface area contributed by atoms with E-state index in [1.807, 2.05) is 32.0 Å². The molecule has 3 aromatic carbocycles. The summed E-state index contributed by atoms with van der Waals surface area (Å²) in [7, 11) is -4.00. The lowest BCUT2D eigenvalue weighted by molar-refractivity contribution is 0.327. The molecule has 0 aliphatic rings. The molecule has 0 saturated carbocycles. The molecule has 0 atom stereocenters. The van der Waals surface area contributed by atoms with E-state index in [0.29, 0.717) is 16.8 Å². The predicted molar refractivity (Wildman–Crippen MR) is 123 cm³/mol. The van der Waals surface area contributed by atoms with Crippen LogP contribution < -0.4 is 8.92 Å². The Kier molecular flexibility index (Phi) is 6.95. The summed E-state index contributed by atoms with van der Waals surface area (Å²) in [5, 5.41) is 0. The van der Waals surface area contributed by atoms with Crippen molar-refractivity contribution in [3.63, 3.8) is 0 Å². The normalized spacial score (nSPS) is 11.6. The summed E-state index contributed by atoms with van der Waals surface area (Å²) in [6.07, 6.45) is 1.70. The van der Waals surface area contributed by atoms with Gasteiger partial charge in [0.05, 0.1) is 16.8 Å². The largest absolute Gasteiger partial charge is 0.490 e. The highest BCUT2D eigenvalue weighted by molar-refractivity contribution is 9.10. The van der Waals surface area contributed by atoms with Crippen LogP contribution in [-0.2, 0) is 10.1 Å². The standard InChI is InChI=1S/C23H22BrNO4S/c1-4-28-22-14-18(15-25-19-11-10-16(2)17(3)12-19)13-21(24)23(22)29-30(26,27)20-8-6-5-7-9-20/h5-15H,4H2,1-3H3. The van der Waals surface area contributed by atoms with E-state index in [1.54, 1.807) is 36.5 Å². The van der Waals surface area contributed by atoms with Gasteiger partial charge in [0, 0.05) is 6.21 Å². The summed E-state index contributed by atoms with van der Waals surface area (Å²) in [5.74, 6) is 0.414. The van der Waals surface area contributed by atoms with E-state index in [4.69, 9.17) is 8.92 Å². The van der Waals surface area contributed by atoms with E-state index in [0.717, 1.165) is 16.8 Å². The van der Waals surface area contributed by atoms with Gasteiger partial charge in [-0.25, -0.2) is 0 Å². The van der Waals surface area contributed by atoms with Gasteiger partial charge in [0.2, 0.25) is 0 Å². The third kappa shape index (κ3) is 5.29. The molecule has 7 heteroatoms. The fourth-order valence-corrected chi connectivity index (χ4v) is 4.33. The molecule has 3 aromatic rings. The first-order valence-corrected chi connectivity index (χ1v) is 11.6. The fourth-order valence-electron chi connectivity index (χ4n) is 2.71. The van der Waals surface area contributed by atoms with Crippen LogP contribution in [0.15, 0.2) is 75.0 Å². The number of nitrogens with zero attached hydrogens (tertiary/aromatic N) is 1. The molecule has 5 nitrogen and oxygen atoms in total. The predicted octanol–water partition coefficient (Wildman–Crippen LogP) is 5.98. The number of aryl methyl sites for hydroxylation is 2. The van der Waals surface area contributed by atoms with Crippen molar-refractivity contribution in [2.45, 2.75) is 25.7 Å². The first kappa shape index (κ1) is 22.1. The maximum Gasteiger partial charge on any atom is 0.339 e. The van der Waals surface area contributed by atoms with Crippen LogP contribution in [0.1, 0.15) is 23.6 Å². The molecular formula is C23H22BrNO4S. The Morgan fingerprint density at radius 1 is 1.00 bits per heavy atom. The topological polar surface area (TPSA) is 65.0 Å². The minimum Gasteiger partial charge on any atom is -0.490 e. The van der Waals surface area contributed by atoms with E-state index >= 15 is 0 Å². The SMILES string of the molecule is CCOc1cc(C=Nc2ccc(C)c(C)c2)cc(Br)c1OS(=O)(=O)c1ccccc1. The van der Waals surface area contributed by atoms with Gasteiger partial charge in [-0.15, -0.1) is 0 Å². The molecule has 0 radical (unpaired) electrons. The van der Waals surface area contributed by atoms with Crippen LogP contribution in [0.3, 0.4) is 0 Å². The van der Waals surface area contributed by atoms with Crippen LogP contribution in [0, 0.1) is 13.8 Å². The summed E-state index contributed by atoms with van der Waals surface area (Å²) in [6, 6.07) is 17.4. The van der Waals surface area contributed by atoms with Crippen LogP contribution in [0.25, 0.3) is 0 Å². The van der Waals surface area contributed by atoms with Crippen LogP contribution in [0.2, 0.25) is 0 Å². The zero-order valence-electron chi connectivity index (χ0n) is 16.9. The lowest BCUT2D eigenvalue weighted by atomic mass is 10.1. The molecule has 0 bridgehead atoms. The van der Waals surface area contributed by atoms with Crippen molar-refractivity contribution >= 4 is 38.0 Å². The van der Waals surface area contributed by atoms with Gasteiger partial charge >= 0.3 is 10.1 Å². The third-order valence-corrected chi connectivity index (χ3v) is 6.23. The molecule has 0 amide bonds. The number of halogens is 1. The van der Waals surface area contributed by atoms with Crippen molar-refractivity contribution in [2.24, 2.45) is 4.99 Å². The Balaban J connectivity index is 1.94. The maximum atomic E-state index is 12.6.